The molecule has 96 valence electrons. The standard InChI is InChI=1S/2C6H7N.2C2H4/c2*7-6-4-2-1-3-5-6;2*1-2/h2*1-5H,7H2;2*1-2H2. The van der Waals surface area contributed by atoms with Gasteiger partial charge in [-0.1, -0.05) is 36.4 Å². The van der Waals surface area contributed by atoms with Crippen molar-refractivity contribution in [3.05, 3.63) is 87.0 Å². The van der Waals surface area contributed by atoms with Crippen molar-refractivity contribution in [3.63, 3.8) is 0 Å². The van der Waals surface area contributed by atoms with E-state index in [1.807, 2.05) is 60.7 Å². The van der Waals surface area contributed by atoms with Crippen LogP contribution < -0.4 is 11.5 Å². The Bertz CT molecular complexity index is 331. The number of benzene rings is 2. The van der Waals surface area contributed by atoms with Gasteiger partial charge < -0.3 is 11.5 Å². The first kappa shape index (κ1) is 17.9. The number of hydrogen-bond donors (Lipinski definition) is 2. The van der Waals surface area contributed by atoms with Crippen LogP contribution in [0.3, 0.4) is 0 Å². The maximum Gasteiger partial charge on any atom is 0.0313 e. The molecule has 18 heavy (non-hydrogen) atoms. The van der Waals surface area contributed by atoms with E-state index in [9.17, 15) is 0 Å². The van der Waals surface area contributed by atoms with Crippen LogP contribution in [0.4, 0.5) is 11.4 Å². The highest BCUT2D eigenvalue weighted by atomic mass is 14.5. The van der Waals surface area contributed by atoms with Crippen molar-refractivity contribution in [1.82, 2.24) is 0 Å². The Kier molecular flexibility index (Phi) is 14.4. The first-order valence-electron chi connectivity index (χ1n) is 5.40. The third-order valence-corrected chi connectivity index (χ3v) is 1.60. The topological polar surface area (TPSA) is 52.0 Å². The SMILES string of the molecule is C=C.C=C.Nc1ccccc1.Nc1ccccc1. The summed E-state index contributed by atoms with van der Waals surface area (Å²) in [6.07, 6.45) is 0. The highest BCUT2D eigenvalue weighted by molar-refractivity contribution is 5.36. The van der Waals surface area contributed by atoms with Crippen LogP contribution in [0.1, 0.15) is 0 Å². The molecule has 0 saturated carbocycles. The van der Waals surface area contributed by atoms with Crippen LogP contribution in [0.15, 0.2) is 87.0 Å². The molecule has 0 radical (unpaired) electrons. The number of hydrogen-bond acceptors (Lipinski definition) is 2. The molecule has 4 N–H and O–H groups in total. The van der Waals surface area contributed by atoms with Crippen LogP contribution >= 0.6 is 0 Å². The lowest BCUT2D eigenvalue weighted by Crippen LogP contribution is -1.79. The Morgan fingerprint density at radius 1 is 0.500 bits per heavy atom. The van der Waals surface area contributed by atoms with Crippen LogP contribution in [-0.4, -0.2) is 0 Å². The quantitative estimate of drug-likeness (QED) is 0.539. The Balaban J connectivity index is 0. The van der Waals surface area contributed by atoms with Crippen molar-refractivity contribution in [3.8, 4) is 0 Å². The van der Waals surface area contributed by atoms with Gasteiger partial charge in [0.05, 0.1) is 0 Å². The van der Waals surface area contributed by atoms with Crippen LogP contribution in [-0.2, 0) is 0 Å². The highest BCUT2D eigenvalue weighted by Gasteiger charge is 1.72. The molecule has 2 aromatic carbocycles. The Morgan fingerprint density at radius 3 is 0.833 bits per heavy atom. The molecule has 0 saturated heterocycles. The van der Waals surface area contributed by atoms with Gasteiger partial charge in [-0.05, 0) is 24.3 Å². The maximum atomic E-state index is 5.36. The lowest BCUT2D eigenvalue weighted by molar-refractivity contribution is 1.69. The van der Waals surface area contributed by atoms with Crippen molar-refractivity contribution in [1.29, 1.82) is 0 Å². The van der Waals surface area contributed by atoms with Gasteiger partial charge in [-0.15, -0.1) is 26.3 Å². The molecular weight excluding hydrogens is 220 g/mol. The molecular formula is C16H22N2. The predicted octanol–water partition coefficient (Wildman–Crippen LogP) is 4.14. The van der Waals surface area contributed by atoms with Crippen LogP contribution in [0, 0.1) is 0 Å². The van der Waals surface area contributed by atoms with Gasteiger partial charge in [-0.25, -0.2) is 0 Å². The zero-order valence-electron chi connectivity index (χ0n) is 10.8. The molecule has 0 aromatic heterocycles. The predicted molar refractivity (Wildman–Crippen MR) is 84.2 cm³/mol. The van der Waals surface area contributed by atoms with E-state index in [0.29, 0.717) is 0 Å². The van der Waals surface area contributed by atoms with Crippen molar-refractivity contribution >= 4 is 11.4 Å². The zero-order valence-corrected chi connectivity index (χ0v) is 10.8. The molecule has 0 unspecified atom stereocenters. The second-order valence-electron chi connectivity index (χ2n) is 2.82. The molecule has 2 nitrogen and oxygen atoms in total. The minimum atomic E-state index is 0.822. The summed E-state index contributed by atoms with van der Waals surface area (Å²) in [4.78, 5) is 0. The number of rotatable bonds is 0. The monoisotopic (exact) mass is 242 g/mol. The second kappa shape index (κ2) is 14.5. The maximum absolute atomic E-state index is 5.36. The van der Waals surface area contributed by atoms with E-state index >= 15 is 0 Å². The third kappa shape index (κ3) is 11.6. The molecule has 0 aliphatic heterocycles. The van der Waals surface area contributed by atoms with E-state index in [1.165, 1.54) is 0 Å². The summed E-state index contributed by atoms with van der Waals surface area (Å²) >= 11 is 0. The van der Waals surface area contributed by atoms with Crippen molar-refractivity contribution < 1.29 is 0 Å². The van der Waals surface area contributed by atoms with Gasteiger partial charge in [-0.3, -0.25) is 0 Å². The summed E-state index contributed by atoms with van der Waals surface area (Å²) in [6, 6.07) is 19.0. The van der Waals surface area contributed by atoms with Crippen molar-refractivity contribution in [2.24, 2.45) is 0 Å². The smallest absolute Gasteiger partial charge is 0.0313 e. The third-order valence-electron chi connectivity index (χ3n) is 1.60. The molecule has 0 fully saturated rings. The first-order chi connectivity index (χ1) is 8.79. The van der Waals surface area contributed by atoms with Crippen molar-refractivity contribution in [2.75, 3.05) is 11.5 Å². The molecule has 0 spiro atoms. The van der Waals surface area contributed by atoms with E-state index in [2.05, 4.69) is 26.3 Å². The molecule has 0 bridgehead atoms. The molecule has 2 heteroatoms. The molecule has 0 amide bonds. The Labute approximate surface area is 110 Å². The fourth-order valence-corrected chi connectivity index (χ4v) is 0.906. The summed E-state index contributed by atoms with van der Waals surface area (Å²) < 4.78 is 0. The lowest BCUT2D eigenvalue weighted by atomic mass is 10.3. The van der Waals surface area contributed by atoms with Gasteiger partial charge in [-0.2, -0.15) is 0 Å². The fourth-order valence-electron chi connectivity index (χ4n) is 0.906. The van der Waals surface area contributed by atoms with E-state index in [4.69, 9.17) is 11.5 Å². The number of nitrogens with two attached hydrogens (primary N) is 2. The van der Waals surface area contributed by atoms with Gasteiger partial charge in [0.1, 0.15) is 0 Å². The van der Waals surface area contributed by atoms with Gasteiger partial charge in [0, 0.05) is 11.4 Å². The molecule has 0 aliphatic rings. The molecule has 2 aromatic rings. The summed E-state index contributed by atoms with van der Waals surface area (Å²) in [5.74, 6) is 0. The lowest BCUT2D eigenvalue weighted by Gasteiger charge is -1.83. The van der Waals surface area contributed by atoms with E-state index < -0.39 is 0 Å². The van der Waals surface area contributed by atoms with E-state index in [1.54, 1.807) is 0 Å². The van der Waals surface area contributed by atoms with Gasteiger partial charge in [0.15, 0.2) is 0 Å². The van der Waals surface area contributed by atoms with Gasteiger partial charge in [0.2, 0.25) is 0 Å². The van der Waals surface area contributed by atoms with Crippen molar-refractivity contribution in [2.45, 2.75) is 0 Å². The largest absolute Gasteiger partial charge is 0.399 e. The second-order valence-corrected chi connectivity index (χ2v) is 2.82. The Morgan fingerprint density at radius 2 is 0.722 bits per heavy atom. The summed E-state index contributed by atoms with van der Waals surface area (Å²) in [6.45, 7) is 12.0. The average molecular weight is 242 g/mol. The minimum Gasteiger partial charge on any atom is -0.399 e. The molecule has 0 heterocycles. The summed E-state index contributed by atoms with van der Waals surface area (Å²) in [5, 5.41) is 0. The Hall–Kier alpha value is -2.48. The number of anilines is 2. The van der Waals surface area contributed by atoms with Crippen LogP contribution in [0.25, 0.3) is 0 Å². The molecule has 0 atom stereocenters. The zero-order chi connectivity index (χ0) is 14.2. The van der Waals surface area contributed by atoms with E-state index in [0.717, 1.165) is 11.4 Å². The van der Waals surface area contributed by atoms with Gasteiger partial charge in [0.25, 0.3) is 0 Å². The summed E-state index contributed by atoms with van der Waals surface area (Å²) in [5.41, 5.74) is 12.4. The van der Waals surface area contributed by atoms with Crippen LogP contribution in [0.5, 0.6) is 0 Å². The highest BCUT2D eigenvalue weighted by Crippen LogP contribution is 1.96. The number of nitrogen functional groups attached to an aromatic ring is 2. The van der Waals surface area contributed by atoms with Gasteiger partial charge >= 0.3 is 0 Å². The normalized spacial score (nSPS) is 7.11. The van der Waals surface area contributed by atoms with Crippen LogP contribution in [0.2, 0.25) is 0 Å². The average Bonchev–Trinajstić information content (AvgIpc) is 2.46. The molecule has 2 rings (SSSR count). The van der Waals surface area contributed by atoms with E-state index in [-0.39, 0.29) is 0 Å². The minimum absolute atomic E-state index is 0.822. The fraction of sp³-hybridized carbons (Fsp3) is 0. The number of para-hydroxylation sites is 2. The first-order valence-corrected chi connectivity index (χ1v) is 5.40. The summed E-state index contributed by atoms with van der Waals surface area (Å²) in [7, 11) is 0. The molecule has 0 aliphatic carbocycles.